The highest BCUT2D eigenvalue weighted by Gasteiger charge is 2.19. The summed E-state index contributed by atoms with van der Waals surface area (Å²) in [7, 11) is 0. The average Bonchev–Trinajstić information content (AvgIpc) is 2.58. The van der Waals surface area contributed by atoms with Gasteiger partial charge in [-0.25, -0.2) is 0 Å². The summed E-state index contributed by atoms with van der Waals surface area (Å²) in [6.07, 6.45) is 0.876. The maximum atomic E-state index is 5.41. The summed E-state index contributed by atoms with van der Waals surface area (Å²) in [4.78, 5) is 0. The molecule has 0 spiro atoms. The molecule has 0 saturated heterocycles. The highest BCUT2D eigenvalue weighted by Crippen LogP contribution is 2.24. The second kappa shape index (κ2) is 5.53. The van der Waals surface area contributed by atoms with Crippen molar-refractivity contribution in [2.45, 2.75) is 13.0 Å². The molecule has 0 aliphatic carbocycles. The molecule has 1 aromatic heterocycles. The van der Waals surface area contributed by atoms with Gasteiger partial charge in [0.1, 0.15) is 12.4 Å². The van der Waals surface area contributed by atoms with E-state index in [1.807, 2.05) is 0 Å². The van der Waals surface area contributed by atoms with Gasteiger partial charge in [0.25, 0.3) is 5.88 Å². The van der Waals surface area contributed by atoms with Crippen LogP contribution in [0.5, 0.6) is 5.88 Å². The number of rotatable bonds is 3. The number of ether oxygens (including phenoxy) is 1. The first-order valence-corrected chi connectivity index (χ1v) is 5.21. The Morgan fingerprint density at radius 1 is 1.67 bits per heavy atom. The van der Waals surface area contributed by atoms with E-state index in [2.05, 4.69) is 33.0 Å². The molecule has 0 fully saturated rings. The minimum Gasteiger partial charge on any atom is -0.470 e. The van der Waals surface area contributed by atoms with Crippen LogP contribution >= 0.6 is 28.3 Å². The van der Waals surface area contributed by atoms with Gasteiger partial charge in [-0.15, -0.1) is 12.4 Å². The third-order valence-electron chi connectivity index (χ3n) is 2.03. The lowest BCUT2D eigenvalue weighted by atomic mass is 10.1. The quantitative estimate of drug-likeness (QED) is 0.927. The predicted octanol–water partition coefficient (Wildman–Crippen LogP) is 2.03. The second-order valence-electron chi connectivity index (χ2n) is 3.12. The Balaban J connectivity index is 0.00000112. The van der Waals surface area contributed by atoms with Crippen LogP contribution in [0.2, 0.25) is 0 Å². The molecular formula is C9H12BrClN2O2. The molecule has 2 rings (SSSR count). The summed E-state index contributed by atoms with van der Waals surface area (Å²) >= 11 is 3.22. The molecule has 2 heterocycles. The molecule has 0 radical (unpaired) electrons. The topological polar surface area (TPSA) is 47.3 Å². The van der Waals surface area contributed by atoms with E-state index in [-0.39, 0.29) is 12.4 Å². The van der Waals surface area contributed by atoms with Gasteiger partial charge in [0.05, 0.1) is 5.56 Å². The van der Waals surface area contributed by atoms with E-state index in [4.69, 9.17) is 9.26 Å². The monoisotopic (exact) mass is 294 g/mol. The molecule has 6 heteroatoms. The standard InChI is InChI=1S/C9H11BrN2O2.ClH/c1-6(10)5-13-9-7-4-11-3-2-8(7)14-12-9;/h11H,1-5H2;1H. The molecule has 1 aliphatic rings. The molecule has 1 aromatic rings. The Hall–Kier alpha value is -0.520. The molecular weight excluding hydrogens is 283 g/mol. The van der Waals surface area contributed by atoms with Crippen LogP contribution in [0.3, 0.4) is 0 Å². The summed E-state index contributed by atoms with van der Waals surface area (Å²) in [5, 5.41) is 7.11. The maximum Gasteiger partial charge on any atom is 0.259 e. The molecule has 15 heavy (non-hydrogen) atoms. The van der Waals surface area contributed by atoms with E-state index in [0.717, 1.165) is 35.3 Å². The van der Waals surface area contributed by atoms with Gasteiger partial charge in [0.2, 0.25) is 0 Å². The summed E-state index contributed by atoms with van der Waals surface area (Å²) in [5.74, 6) is 1.51. The van der Waals surface area contributed by atoms with Gasteiger partial charge >= 0.3 is 0 Å². The SMILES string of the molecule is C=C(Br)COc1noc2c1CNCC2.Cl. The van der Waals surface area contributed by atoms with Crippen molar-refractivity contribution in [3.8, 4) is 5.88 Å². The number of nitrogens with one attached hydrogen (secondary N) is 1. The molecule has 84 valence electrons. The minimum absolute atomic E-state index is 0. The molecule has 0 aromatic carbocycles. The van der Waals surface area contributed by atoms with Crippen molar-refractivity contribution in [1.29, 1.82) is 0 Å². The van der Waals surface area contributed by atoms with Crippen LogP contribution in [0.25, 0.3) is 0 Å². The lowest BCUT2D eigenvalue weighted by Gasteiger charge is -2.10. The lowest BCUT2D eigenvalue weighted by Crippen LogP contribution is -2.22. The van der Waals surface area contributed by atoms with Gasteiger partial charge in [0.15, 0.2) is 0 Å². The van der Waals surface area contributed by atoms with Gasteiger partial charge in [-0.05, 0) is 5.16 Å². The van der Waals surface area contributed by atoms with Gasteiger partial charge in [0, 0.05) is 24.0 Å². The molecule has 0 amide bonds. The fraction of sp³-hybridized carbons (Fsp3) is 0.444. The lowest BCUT2D eigenvalue weighted by molar-refractivity contribution is 0.302. The summed E-state index contributed by atoms with van der Waals surface area (Å²) in [6.45, 7) is 5.80. The van der Waals surface area contributed by atoms with Crippen molar-refractivity contribution in [2.24, 2.45) is 0 Å². The fourth-order valence-corrected chi connectivity index (χ4v) is 1.49. The van der Waals surface area contributed by atoms with Gasteiger partial charge in [-0.2, -0.15) is 0 Å². The first-order chi connectivity index (χ1) is 6.77. The van der Waals surface area contributed by atoms with E-state index in [1.54, 1.807) is 0 Å². The van der Waals surface area contributed by atoms with Crippen LogP contribution in [-0.2, 0) is 13.0 Å². The van der Waals surface area contributed by atoms with Crippen molar-refractivity contribution in [3.63, 3.8) is 0 Å². The predicted molar refractivity (Wildman–Crippen MR) is 62.7 cm³/mol. The zero-order valence-electron chi connectivity index (χ0n) is 8.09. The number of aromatic nitrogens is 1. The maximum absolute atomic E-state index is 5.41. The Morgan fingerprint density at radius 2 is 2.47 bits per heavy atom. The smallest absolute Gasteiger partial charge is 0.259 e. The zero-order chi connectivity index (χ0) is 9.97. The van der Waals surface area contributed by atoms with Crippen molar-refractivity contribution < 1.29 is 9.26 Å². The molecule has 0 unspecified atom stereocenters. The highest BCUT2D eigenvalue weighted by molar-refractivity contribution is 9.11. The minimum atomic E-state index is 0. The third-order valence-corrected chi connectivity index (χ3v) is 2.26. The number of halogens is 2. The Bertz CT molecular complexity index is 354. The van der Waals surface area contributed by atoms with Crippen molar-refractivity contribution in [1.82, 2.24) is 10.5 Å². The summed E-state index contributed by atoms with van der Waals surface area (Å²) < 4.78 is 11.4. The number of nitrogens with zero attached hydrogens (tertiary/aromatic N) is 1. The second-order valence-corrected chi connectivity index (χ2v) is 4.24. The van der Waals surface area contributed by atoms with E-state index in [1.165, 1.54) is 0 Å². The van der Waals surface area contributed by atoms with Gasteiger partial charge < -0.3 is 14.6 Å². The molecule has 1 aliphatic heterocycles. The Morgan fingerprint density at radius 3 is 3.20 bits per heavy atom. The van der Waals surface area contributed by atoms with Crippen LogP contribution in [0, 0.1) is 0 Å². The first-order valence-electron chi connectivity index (χ1n) is 4.41. The van der Waals surface area contributed by atoms with Crippen LogP contribution in [-0.4, -0.2) is 18.3 Å². The fourth-order valence-electron chi connectivity index (χ4n) is 1.37. The molecule has 1 N–H and O–H groups in total. The number of fused-ring (bicyclic) bond motifs is 1. The Kier molecular flexibility index (Phi) is 4.63. The van der Waals surface area contributed by atoms with Gasteiger partial charge in [-0.3, -0.25) is 0 Å². The van der Waals surface area contributed by atoms with E-state index in [0.29, 0.717) is 12.5 Å². The summed E-state index contributed by atoms with van der Waals surface area (Å²) in [5.41, 5.74) is 1.03. The molecule has 0 saturated carbocycles. The van der Waals surface area contributed by atoms with Crippen molar-refractivity contribution in [3.05, 3.63) is 22.4 Å². The normalized spacial score (nSPS) is 13.9. The van der Waals surface area contributed by atoms with Crippen LogP contribution in [0.15, 0.2) is 15.6 Å². The molecule has 0 bridgehead atoms. The largest absolute Gasteiger partial charge is 0.470 e. The van der Waals surface area contributed by atoms with Crippen molar-refractivity contribution >= 4 is 28.3 Å². The van der Waals surface area contributed by atoms with Crippen LogP contribution in [0.4, 0.5) is 0 Å². The average molecular weight is 296 g/mol. The first kappa shape index (κ1) is 12.5. The molecule has 4 nitrogen and oxygen atoms in total. The summed E-state index contributed by atoms with van der Waals surface area (Å²) in [6, 6.07) is 0. The van der Waals surface area contributed by atoms with Crippen LogP contribution in [0.1, 0.15) is 11.3 Å². The molecule has 0 atom stereocenters. The number of hydrogen-bond acceptors (Lipinski definition) is 4. The highest BCUT2D eigenvalue weighted by atomic mass is 79.9. The van der Waals surface area contributed by atoms with Gasteiger partial charge in [-0.1, -0.05) is 22.5 Å². The zero-order valence-corrected chi connectivity index (χ0v) is 10.5. The number of hydrogen-bond donors (Lipinski definition) is 1. The van der Waals surface area contributed by atoms with E-state index < -0.39 is 0 Å². The van der Waals surface area contributed by atoms with E-state index in [9.17, 15) is 0 Å². The van der Waals surface area contributed by atoms with E-state index >= 15 is 0 Å². The third kappa shape index (κ3) is 2.96. The van der Waals surface area contributed by atoms with Crippen LogP contribution < -0.4 is 10.1 Å². The Labute approximate surface area is 103 Å². The van der Waals surface area contributed by atoms with Crippen molar-refractivity contribution in [2.75, 3.05) is 13.2 Å².